The molecule has 2 atom stereocenters. The number of carbonyl (C=O) groups is 1. The third kappa shape index (κ3) is 2.45. The van der Waals surface area contributed by atoms with Crippen LogP contribution in [0.5, 0.6) is 0 Å². The molecule has 2 amide bonds. The van der Waals surface area contributed by atoms with Crippen molar-refractivity contribution >= 4 is 17.1 Å². The number of nitrogens with one attached hydrogen (secondary N) is 2. The summed E-state index contributed by atoms with van der Waals surface area (Å²) in [4.78, 5) is 16.7. The SMILES string of the molecule is CCO[C@H]1C[C@H](NC(=O)Nn2cnc3ccccc32)C12CCCC2. The van der Waals surface area contributed by atoms with Gasteiger partial charge in [-0.05, 0) is 38.3 Å². The quantitative estimate of drug-likeness (QED) is 0.906. The number of nitrogens with zero attached hydrogens (tertiary/aromatic N) is 2. The van der Waals surface area contributed by atoms with Gasteiger partial charge in [0.25, 0.3) is 0 Å². The summed E-state index contributed by atoms with van der Waals surface area (Å²) < 4.78 is 7.58. The average molecular weight is 328 g/mol. The van der Waals surface area contributed by atoms with E-state index in [4.69, 9.17) is 4.74 Å². The Morgan fingerprint density at radius 2 is 2.17 bits per heavy atom. The van der Waals surface area contributed by atoms with Crippen LogP contribution in [0.25, 0.3) is 11.0 Å². The molecule has 2 aliphatic carbocycles. The number of urea groups is 1. The van der Waals surface area contributed by atoms with E-state index >= 15 is 0 Å². The lowest BCUT2D eigenvalue weighted by Gasteiger charge is -2.53. The first-order valence-corrected chi connectivity index (χ1v) is 8.84. The maximum atomic E-state index is 12.5. The lowest BCUT2D eigenvalue weighted by molar-refractivity contribution is -0.126. The van der Waals surface area contributed by atoms with Crippen molar-refractivity contribution in [2.75, 3.05) is 12.0 Å². The van der Waals surface area contributed by atoms with E-state index in [0.29, 0.717) is 6.10 Å². The van der Waals surface area contributed by atoms with Crippen molar-refractivity contribution in [2.24, 2.45) is 5.41 Å². The van der Waals surface area contributed by atoms with Gasteiger partial charge in [-0.25, -0.2) is 19.9 Å². The molecule has 2 aliphatic rings. The summed E-state index contributed by atoms with van der Waals surface area (Å²) in [6.45, 7) is 2.78. The van der Waals surface area contributed by atoms with Crippen LogP contribution in [0.4, 0.5) is 4.79 Å². The number of carbonyl (C=O) groups excluding carboxylic acids is 1. The highest BCUT2D eigenvalue weighted by Crippen LogP contribution is 2.54. The standard InChI is InChI=1S/C18H24N4O2/c1-2-24-16-11-15(18(16)9-5-6-10-18)20-17(23)21-22-12-19-13-7-3-4-8-14(13)22/h3-4,7-8,12,15-16H,2,5-6,9-11H2,1H3,(H2,20,21,23)/t15-,16-/m0/s1. The van der Waals surface area contributed by atoms with Gasteiger partial charge in [-0.1, -0.05) is 25.0 Å². The van der Waals surface area contributed by atoms with Crippen molar-refractivity contribution in [1.82, 2.24) is 15.0 Å². The van der Waals surface area contributed by atoms with E-state index in [1.54, 1.807) is 11.0 Å². The fourth-order valence-electron chi connectivity index (χ4n) is 4.44. The van der Waals surface area contributed by atoms with E-state index < -0.39 is 0 Å². The van der Waals surface area contributed by atoms with E-state index in [9.17, 15) is 4.79 Å². The number of rotatable bonds is 4. The topological polar surface area (TPSA) is 68.2 Å². The summed E-state index contributed by atoms with van der Waals surface area (Å²) in [5, 5.41) is 3.16. The van der Waals surface area contributed by atoms with Gasteiger partial charge in [-0.2, -0.15) is 0 Å². The Morgan fingerprint density at radius 1 is 1.38 bits per heavy atom. The minimum absolute atomic E-state index is 0.143. The van der Waals surface area contributed by atoms with Crippen molar-refractivity contribution in [3.8, 4) is 0 Å². The number of amides is 2. The minimum atomic E-state index is -0.177. The molecule has 2 fully saturated rings. The van der Waals surface area contributed by atoms with Gasteiger partial charge in [-0.3, -0.25) is 0 Å². The number of benzene rings is 1. The monoisotopic (exact) mass is 328 g/mol. The second-order valence-electron chi connectivity index (χ2n) is 6.86. The average Bonchev–Trinajstić information content (AvgIpc) is 3.23. The summed E-state index contributed by atoms with van der Waals surface area (Å²) in [6, 6.07) is 7.77. The van der Waals surface area contributed by atoms with Crippen molar-refractivity contribution in [3.05, 3.63) is 30.6 Å². The Morgan fingerprint density at radius 3 is 2.96 bits per heavy atom. The number of ether oxygens (including phenoxy) is 1. The molecule has 0 aliphatic heterocycles. The van der Waals surface area contributed by atoms with E-state index in [0.717, 1.165) is 36.9 Å². The second kappa shape index (κ2) is 6.09. The van der Waals surface area contributed by atoms with Crippen LogP contribution >= 0.6 is 0 Å². The summed E-state index contributed by atoms with van der Waals surface area (Å²) in [7, 11) is 0. The zero-order chi connectivity index (χ0) is 16.6. The molecule has 2 N–H and O–H groups in total. The second-order valence-corrected chi connectivity index (χ2v) is 6.86. The van der Waals surface area contributed by atoms with Crippen molar-refractivity contribution in [1.29, 1.82) is 0 Å². The number of hydrogen-bond donors (Lipinski definition) is 2. The van der Waals surface area contributed by atoms with Gasteiger partial charge in [0.15, 0.2) is 0 Å². The molecule has 2 saturated carbocycles. The fraction of sp³-hybridized carbons (Fsp3) is 0.556. The largest absolute Gasteiger partial charge is 0.378 e. The summed E-state index contributed by atoms with van der Waals surface area (Å²) in [5.74, 6) is 0. The van der Waals surface area contributed by atoms with Gasteiger partial charge in [0, 0.05) is 18.1 Å². The number of hydrogen-bond acceptors (Lipinski definition) is 3. The van der Waals surface area contributed by atoms with Gasteiger partial charge < -0.3 is 10.1 Å². The highest BCUT2D eigenvalue weighted by atomic mass is 16.5. The Hall–Kier alpha value is -2.08. The molecule has 1 spiro atoms. The molecule has 1 aromatic carbocycles. The van der Waals surface area contributed by atoms with Crippen LogP contribution in [0.15, 0.2) is 30.6 Å². The predicted octanol–water partition coefficient (Wildman–Crippen LogP) is 3.03. The molecule has 1 heterocycles. The lowest BCUT2D eigenvalue weighted by Crippen LogP contribution is -2.64. The molecule has 0 radical (unpaired) electrons. The Balaban J connectivity index is 1.43. The van der Waals surface area contributed by atoms with Crippen LogP contribution in [0, 0.1) is 5.41 Å². The Kier molecular flexibility index (Phi) is 3.92. The van der Waals surface area contributed by atoms with Crippen molar-refractivity contribution < 1.29 is 9.53 Å². The van der Waals surface area contributed by atoms with Crippen molar-refractivity contribution in [3.63, 3.8) is 0 Å². The maximum absolute atomic E-state index is 12.5. The molecule has 0 unspecified atom stereocenters. The first kappa shape index (κ1) is 15.4. The molecule has 128 valence electrons. The number of imidazole rings is 1. The fourth-order valence-corrected chi connectivity index (χ4v) is 4.44. The van der Waals surface area contributed by atoms with E-state index in [-0.39, 0.29) is 17.5 Å². The zero-order valence-electron chi connectivity index (χ0n) is 14.0. The molecule has 1 aromatic heterocycles. The minimum Gasteiger partial charge on any atom is -0.378 e. The molecule has 24 heavy (non-hydrogen) atoms. The van der Waals surface area contributed by atoms with E-state index in [2.05, 4.69) is 15.7 Å². The molecular weight excluding hydrogens is 304 g/mol. The van der Waals surface area contributed by atoms with Crippen LogP contribution < -0.4 is 10.7 Å². The Bertz CT molecular complexity index is 735. The van der Waals surface area contributed by atoms with E-state index in [1.165, 1.54) is 12.8 Å². The van der Waals surface area contributed by atoms with Crippen LogP contribution in [-0.4, -0.2) is 34.4 Å². The molecular formula is C18H24N4O2. The summed E-state index contributed by atoms with van der Waals surface area (Å²) in [5.41, 5.74) is 4.78. The zero-order valence-corrected chi connectivity index (χ0v) is 14.0. The van der Waals surface area contributed by atoms with Crippen molar-refractivity contribution in [2.45, 2.75) is 51.2 Å². The van der Waals surface area contributed by atoms with Gasteiger partial charge in [-0.15, -0.1) is 0 Å². The summed E-state index contributed by atoms with van der Waals surface area (Å²) in [6.07, 6.45) is 7.60. The molecule has 0 bridgehead atoms. The Labute approximate surface area is 141 Å². The van der Waals surface area contributed by atoms with Crippen LogP contribution in [0.2, 0.25) is 0 Å². The van der Waals surface area contributed by atoms with Crippen LogP contribution in [0.3, 0.4) is 0 Å². The van der Waals surface area contributed by atoms with Gasteiger partial charge in [0.05, 0.1) is 17.1 Å². The molecule has 0 saturated heterocycles. The number of aromatic nitrogens is 2. The van der Waals surface area contributed by atoms with Gasteiger partial charge in [0.1, 0.15) is 6.33 Å². The smallest absolute Gasteiger partial charge is 0.334 e. The first-order chi connectivity index (χ1) is 11.7. The number of para-hydroxylation sites is 2. The van der Waals surface area contributed by atoms with E-state index in [1.807, 2.05) is 31.2 Å². The van der Waals surface area contributed by atoms with Gasteiger partial charge in [0.2, 0.25) is 0 Å². The summed E-state index contributed by atoms with van der Waals surface area (Å²) >= 11 is 0. The molecule has 4 rings (SSSR count). The molecule has 6 heteroatoms. The lowest BCUT2D eigenvalue weighted by atomic mass is 9.60. The molecule has 6 nitrogen and oxygen atoms in total. The molecule has 2 aromatic rings. The highest BCUT2D eigenvalue weighted by Gasteiger charge is 2.57. The third-order valence-electron chi connectivity index (χ3n) is 5.67. The van der Waals surface area contributed by atoms with Gasteiger partial charge >= 0.3 is 6.03 Å². The van der Waals surface area contributed by atoms with Crippen LogP contribution in [0.1, 0.15) is 39.0 Å². The maximum Gasteiger partial charge on any atom is 0.334 e. The third-order valence-corrected chi connectivity index (χ3v) is 5.67. The highest BCUT2D eigenvalue weighted by molar-refractivity contribution is 5.85. The number of fused-ring (bicyclic) bond motifs is 1. The normalized spacial score (nSPS) is 24.9. The predicted molar refractivity (Wildman–Crippen MR) is 92.3 cm³/mol. The first-order valence-electron chi connectivity index (χ1n) is 8.84. The van der Waals surface area contributed by atoms with Crippen LogP contribution in [-0.2, 0) is 4.74 Å².